The largest absolute Gasteiger partial charge is 0.497 e. The first-order valence-corrected chi connectivity index (χ1v) is 10.3. The number of hydrogen-bond acceptors (Lipinski definition) is 8. The Labute approximate surface area is 177 Å². The van der Waals surface area contributed by atoms with E-state index in [1.54, 1.807) is 32.2 Å². The van der Waals surface area contributed by atoms with Gasteiger partial charge in [-0.25, -0.2) is 4.99 Å². The highest BCUT2D eigenvalue weighted by atomic mass is 16.5. The molecule has 1 aromatic rings. The lowest BCUT2D eigenvalue weighted by atomic mass is 9.90. The molecule has 0 saturated carbocycles. The molecule has 30 heavy (non-hydrogen) atoms. The molecule has 2 heterocycles. The molecule has 0 aliphatic carbocycles. The summed E-state index contributed by atoms with van der Waals surface area (Å²) >= 11 is 0. The molecule has 0 bridgehead atoms. The summed E-state index contributed by atoms with van der Waals surface area (Å²) < 4.78 is 16.0. The summed E-state index contributed by atoms with van der Waals surface area (Å²) in [5, 5.41) is 2.82. The highest BCUT2D eigenvalue weighted by Gasteiger charge is 2.43. The molecule has 9 nitrogen and oxygen atoms in total. The van der Waals surface area contributed by atoms with Crippen molar-refractivity contribution in [3.63, 3.8) is 0 Å². The van der Waals surface area contributed by atoms with E-state index in [9.17, 15) is 9.59 Å². The van der Waals surface area contributed by atoms with Crippen LogP contribution < -0.4 is 14.8 Å². The maximum atomic E-state index is 13.0. The van der Waals surface area contributed by atoms with Gasteiger partial charge in [0.15, 0.2) is 5.92 Å². The summed E-state index contributed by atoms with van der Waals surface area (Å²) in [4.78, 5) is 34.8. The molecule has 0 aromatic heterocycles. The molecule has 2 atom stereocenters. The number of guanidine groups is 1. The van der Waals surface area contributed by atoms with E-state index in [0.29, 0.717) is 23.0 Å². The van der Waals surface area contributed by atoms with Crippen molar-refractivity contribution in [2.75, 3.05) is 53.6 Å². The number of nitrogens with one attached hydrogen (secondary N) is 1. The van der Waals surface area contributed by atoms with Gasteiger partial charge in [-0.05, 0) is 25.6 Å². The smallest absolute Gasteiger partial charge is 0.321 e. The van der Waals surface area contributed by atoms with Crippen LogP contribution >= 0.6 is 0 Å². The van der Waals surface area contributed by atoms with Gasteiger partial charge in [0.2, 0.25) is 11.9 Å². The first-order chi connectivity index (χ1) is 14.5. The Hall–Kier alpha value is -2.81. The molecule has 9 heteroatoms. The van der Waals surface area contributed by atoms with Crippen LogP contribution in [-0.4, -0.2) is 81.2 Å². The summed E-state index contributed by atoms with van der Waals surface area (Å²) in [5.74, 6) is -0.506. The Kier molecular flexibility index (Phi) is 7.15. The molecular weight excluding hydrogens is 388 g/mol. The highest BCUT2D eigenvalue weighted by molar-refractivity contribution is 6.08. The average molecular weight is 418 g/mol. The zero-order chi connectivity index (χ0) is 21.7. The molecule has 1 saturated heterocycles. The third kappa shape index (κ3) is 4.51. The lowest BCUT2D eigenvalue weighted by Crippen LogP contribution is -2.57. The first kappa shape index (κ1) is 21.9. The van der Waals surface area contributed by atoms with Gasteiger partial charge in [0.1, 0.15) is 17.5 Å². The van der Waals surface area contributed by atoms with E-state index < -0.39 is 23.8 Å². The van der Waals surface area contributed by atoms with Crippen LogP contribution in [0.25, 0.3) is 0 Å². The van der Waals surface area contributed by atoms with Gasteiger partial charge in [-0.15, -0.1) is 0 Å². The van der Waals surface area contributed by atoms with E-state index in [1.807, 2.05) is 0 Å². The van der Waals surface area contributed by atoms with Gasteiger partial charge in [-0.3, -0.25) is 14.9 Å². The lowest BCUT2D eigenvalue weighted by Gasteiger charge is -2.38. The van der Waals surface area contributed by atoms with Crippen molar-refractivity contribution >= 4 is 17.8 Å². The van der Waals surface area contributed by atoms with Gasteiger partial charge < -0.3 is 24.0 Å². The molecule has 0 unspecified atom stereocenters. The van der Waals surface area contributed by atoms with Crippen LogP contribution in [0.3, 0.4) is 0 Å². The van der Waals surface area contributed by atoms with Crippen LogP contribution in [-0.2, 0) is 14.3 Å². The van der Waals surface area contributed by atoms with Crippen LogP contribution in [0.15, 0.2) is 23.2 Å². The lowest BCUT2D eigenvalue weighted by molar-refractivity contribution is -0.153. The standard InChI is InChI=1S/C21H30N4O5/c1-5-24-9-11-25(12-10-24)21-22-18(17(19(26)23-21)20(27)30-6-2)15-8-7-14(28-3)13-16(15)29-4/h7-8,13,17-18H,5-6,9-12H2,1-4H3,(H,22,23,26)/t17-,18+/m1/s1. The number of methoxy groups -OCH3 is 2. The topological polar surface area (TPSA) is 92.7 Å². The van der Waals surface area contributed by atoms with Crippen LogP contribution in [0.2, 0.25) is 0 Å². The molecule has 3 rings (SSSR count). The van der Waals surface area contributed by atoms with Crippen molar-refractivity contribution in [2.45, 2.75) is 19.9 Å². The minimum atomic E-state index is -1.09. The van der Waals surface area contributed by atoms with Gasteiger partial charge in [-0.2, -0.15) is 0 Å². The number of rotatable bonds is 6. The van der Waals surface area contributed by atoms with Crippen LogP contribution in [0, 0.1) is 5.92 Å². The number of likely N-dealkylation sites (N-methyl/N-ethyl adjacent to an activating group) is 1. The fourth-order valence-electron chi connectivity index (χ4n) is 3.79. The predicted molar refractivity (Wildman–Crippen MR) is 112 cm³/mol. The highest BCUT2D eigenvalue weighted by Crippen LogP contribution is 2.38. The van der Waals surface area contributed by atoms with Crippen molar-refractivity contribution in [3.05, 3.63) is 23.8 Å². The van der Waals surface area contributed by atoms with Crippen molar-refractivity contribution in [1.82, 2.24) is 15.1 Å². The number of benzene rings is 1. The van der Waals surface area contributed by atoms with Gasteiger partial charge in [0.25, 0.3) is 0 Å². The molecule has 2 aliphatic rings. The molecule has 2 aliphatic heterocycles. The SMILES string of the molecule is CCOC(=O)[C@H]1C(=O)NC(N2CCN(CC)CC2)=N[C@H]1c1ccc(OC)cc1OC. The monoisotopic (exact) mass is 418 g/mol. The summed E-state index contributed by atoms with van der Waals surface area (Å²) in [6, 6.07) is 4.52. The number of amides is 1. The minimum Gasteiger partial charge on any atom is -0.497 e. The van der Waals surface area contributed by atoms with Gasteiger partial charge in [-0.1, -0.05) is 6.92 Å². The Balaban J connectivity index is 1.99. The van der Waals surface area contributed by atoms with Crippen molar-refractivity contribution in [1.29, 1.82) is 0 Å². The van der Waals surface area contributed by atoms with Crippen molar-refractivity contribution in [3.8, 4) is 11.5 Å². The van der Waals surface area contributed by atoms with Crippen LogP contribution in [0.5, 0.6) is 11.5 Å². The number of hydrogen-bond donors (Lipinski definition) is 1. The summed E-state index contributed by atoms with van der Waals surface area (Å²) in [6.07, 6.45) is 0. The fourth-order valence-corrected chi connectivity index (χ4v) is 3.79. The van der Waals surface area contributed by atoms with E-state index in [1.165, 1.54) is 7.11 Å². The minimum absolute atomic E-state index is 0.185. The molecular formula is C21H30N4O5. The molecule has 1 amide bonds. The summed E-state index contributed by atoms with van der Waals surface area (Å²) in [5.41, 5.74) is 0.635. The number of ether oxygens (including phenoxy) is 3. The molecule has 1 aromatic carbocycles. The van der Waals surface area contributed by atoms with Crippen molar-refractivity contribution < 1.29 is 23.8 Å². The second kappa shape index (κ2) is 9.80. The van der Waals surface area contributed by atoms with E-state index in [-0.39, 0.29) is 6.61 Å². The van der Waals surface area contributed by atoms with E-state index >= 15 is 0 Å². The molecule has 0 radical (unpaired) electrons. The maximum absolute atomic E-state index is 13.0. The number of aliphatic imine (C=N–C) groups is 1. The number of carbonyl (C=O) groups is 2. The molecule has 1 N–H and O–H groups in total. The molecule has 0 spiro atoms. The third-order valence-electron chi connectivity index (χ3n) is 5.51. The predicted octanol–water partition coefficient (Wildman–Crippen LogP) is 1.05. The zero-order valence-corrected chi connectivity index (χ0v) is 18.0. The zero-order valence-electron chi connectivity index (χ0n) is 18.0. The van der Waals surface area contributed by atoms with Crippen LogP contribution in [0.1, 0.15) is 25.5 Å². The molecule has 1 fully saturated rings. The van der Waals surface area contributed by atoms with Crippen LogP contribution in [0.4, 0.5) is 0 Å². The second-order valence-corrected chi connectivity index (χ2v) is 7.15. The van der Waals surface area contributed by atoms with E-state index in [4.69, 9.17) is 19.2 Å². The number of carbonyl (C=O) groups excluding carboxylic acids is 2. The first-order valence-electron chi connectivity index (χ1n) is 10.3. The second-order valence-electron chi connectivity index (χ2n) is 7.15. The number of nitrogens with zero attached hydrogens (tertiary/aromatic N) is 3. The van der Waals surface area contributed by atoms with E-state index in [2.05, 4.69) is 22.0 Å². The summed E-state index contributed by atoms with van der Waals surface area (Å²) in [7, 11) is 3.10. The number of piperazine rings is 1. The van der Waals surface area contributed by atoms with Gasteiger partial charge in [0, 0.05) is 37.8 Å². The Morgan fingerprint density at radius 3 is 2.50 bits per heavy atom. The van der Waals surface area contributed by atoms with E-state index in [0.717, 1.165) is 32.7 Å². The Morgan fingerprint density at radius 1 is 1.17 bits per heavy atom. The Bertz CT molecular complexity index is 805. The average Bonchev–Trinajstić information content (AvgIpc) is 2.78. The fraction of sp³-hybridized carbons (Fsp3) is 0.571. The quantitative estimate of drug-likeness (QED) is 0.545. The summed E-state index contributed by atoms with van der Waals surface area (Å²) in [6.45, 7) is 8.31. The Morgan fingerprint density at radius 2 is 1.90 bits per heavy atom. The van der Waals surface area contributed by atoms with Crippen molar-refractivity contribution in [2.24, 2.45) is 10.9 Å². The number of esters is 1. The van der Waals surface area contributed by atoms with Gasteiger partial charge >= 0.3 is 5.97 Å². The molecule has 164 valence electrons. The maximum Gasteiger partial charge on any atom is 0.321 e. The third-order valence-corrected chi connectivity index (χ3v) is 5.51. The van der Waals surface area contributed by atoms with Gasteiger partial charge in [0.05, 0.1) is 20.8 Å². The normalized spacial score (nSPS) is 22.2.